The van der Waals surface area contributed by atoms with Gasteiger partial charge >= 0.3 is 6.18 Å². The first-order valence-electron chi connectivity index (χ1n) is 6.11. The second-order valence-corrected chi connectivity index (χ2v) is 4.49. The van der Waals surface area contributed by atoms with E-state index in [4.69, 9.17) is 0 Å². The maximum Gasteiger partial charge on any atom is 0.422 e. The van der Waals surface area contributed by atoms with Crippen LogP contribution >= 0.6 is 0 Å². The van der Waals surface area contributed by atoms with Gasteiger partial charge in [0, 0.05) is 12.1 Å². The molecule has 110 valence electrons. The summed E-state index contributed by atoms with van der Waals surface area (Å²) in [5.74, 6) is -0.362. The van der Waals surface area contributed by atoms with Crippen LogP contribution in [0.25, 0.3) is 0 Å². The van der Waals surface area contributed by atoms with Crippen molar-refractivity contribution in [1.82, 2.24) is 10.3 Å². The zero-order chi connectivity index (χ0) is 14.6. The van der Waals surface area contributed by atoms with Crippen LogP contribution in [-0.4, -0.2) is 36.3 Å². The number of hydrogen-bond donors (Lipinski definition) is 2. The lowest BCUT2D eigenvalue weighted by molar-refractivity contribution is -0.154. The molecular formula is C12H14F3N3O2. The van der Waals surface area contributed by atoms with Crippen molar-refractivity contribution in [2.45, 2.75) is 25.1 Å². The Labute approximate surface area is 113 Å². The third-order valence-corrected chi connectivity index (χ3v) is 2.53. The van der Waals surface area contributed by atoms with Gasteiger partial charge in [0.15, 0.2) is 6.61 Å². The number of pyridine rings is 1. The number of aromatic nitrogens is 1. The average Bonchev–Trinajstić information content (AvgIpc) is 3.19. The summed E-state index contributed by atoms with van der Waals surface area (Å²) < 4.78 is 40.2. The van der Waals surface area contributed by atoms with E-state index in [0.717, 1.165) is 12.8 Å². The molecule has 0 aliphatic heterocycles. The van der Waals surface area contributed by atoms with Gasteiger partial charge in [-0.3, -0.25) is 4.79 Å². The van der Waals surface area contributed by atoms with Gasteiger partial charge in [-0.05, 0) is 18.9 Å². The molecule has 1 amide bonds. The van der Waals surface area contributed by atoms with E-state index in [1.165, 1.54) is 18.3 Å². The van der Waals surface area contributed by atoms with Crippen molar-refractivity contribution in [2.75, 3.05) is 18.5 Å². The number of amides is 1. The molecule has 0 atom stereocenters. The minimum absolute atomic E-state index is 0.142. The Kier molecular flexibility index (Phi) is 4.43. The van der Waals surface area contributed by atoms with Gasteiger partial charge < -0.3 is 15.4 Å². The average molecular weight is 289 g/mol. The SMILES string of the molecule is O=C(CNC1CC1)Nc1ccc(OCC(F)(F)F)nc1. The molecule has 1 heterocycles. The normalized spacial score (nSPS) is 14.9. The fraction of sp³-hybridized carbons (Fsp3) is 0.500. The van der Waals surface area contributed by atoms with Gasteiger partial charge in [0.25, 0.3) is 0 Å². The quantitative estimate of drug-likeness (QED) is 0.837. The molecule has 20 heavy (non-hydrogen) atoms. The molecule has 0 unspecified atom stereocenters. The van der Waals surface area contributed by atoms with Gasteiger partial charge in [-0.2, -0.15) is 13.2 Å². The van der Waals surface area contributed by atoms with E-state index < -0.39 is 12.8 Å². The highest BCUT2D eigenvalue weighted by atomic mass is 19.4. The van der Waals surface area contributed by atoms with Gasteiger partial charge in [0.2, 0.25) is 11.8 Å². The van der Waals surface area contributed by atoms with Crippen LogP contribution in [0, 0.1) is 0 Å². The summed E-state index contributed by atoms with van der Waals surface area (Å²) >= 11 is 0. The minimum Gasteiger partial charge on any atom is -0.468 e. The van der Waals surface area contributed by atoms with E-state index in [1.807, 2.05) is 0 Å². The Morgan fingerprint density at radius 3 is 2.70 bits per heavy atom. The third kappa shape index (κ3) is 5.43. The molecule has 1 aliphatic carbocycles. The highest BCUT2D eigenvalue weighted by Gasteiger charge is 2.28. The molecule has 0 aromatic carbocycles. The van der Waals surface area contributed by atoms with E-state index in [1.54, 1.807) is 0 Å². The van der Waals surface area contributed by atoms with Crippen LogP contribution in [0.5, 0.6) is 5.88 Å². The number of ether oxygens (including phenoxy) is 1. The van der Waals surface area contributed by atoms with Gasteiger partial charge in [0.05, 0.1) is 18.4 Å². The predicted molar refractivity (Wildman–Crippen MR) is 65.4 cm³/mol. The van der Waals surface area contributed by atoms with Crippen molar-refractivity contribution in [3.63, 3.8) is 0 Å². The number of nitrogens with zero attached hydrogens (tertiary/aromatic N) is 1. The van der Waals surface area contributed by atoms with Gasteiger partial charge in [0.1, 0.15) is 0 Å². The fourth-order valence-corrected chi connectivity index (χ4v) is 1.43. The van der Waals surface area contributed by atoms with Crippen molar-refractivity contribution in [3.05, 3.63) is 18.3 Å². The first-order chi connectivity index (χ1) is 9.42. The number of halogens is 3. The summed E-state index contributed by atoms with van der Waals surface area (Å²) in [6.45, 7) is -1.19. The van der Waals surface area contributed by atoms with Crippen molar-refractivity contribution in [2.24, 2.45) is 0 Å². The molecule has 0 spiro atoms. The van der Waals surface area contributed by atoms with Crippen molar-refractivity contribution >= 4 is 11.6 Å². The first-order valence-corrected chi connectivity index (χ1v) is 6.11. The van der Waals surface area contributed by atoms with Crippen molar-refractivity contribution in [3.8, 4) is 5.88 Å². The monoisotopic (exact) mass is 289 g/mol. The van der Waals surface area contributed by atoms with Gasteiger partial charge in [-0.15, -0.1) is 0 Å². The standard InChI is InChI=1S/C12H14F3N3O2/c13-12(14,15)7-20-11-4-3-9(5-17-11)18-10(19)6-16-8-1-2-8/h3-5,8,16H,1-2,6-7H2,(H,18,19). The Morgan fingerprint density at radius 2 is 2.15 bits per heavy atom. The van der Waals surface area contributed by atoms with Crippen LogP contribution in [0.1, 0.15) is 12.8 Å². The Morgan fingerprint density at radius 1 is 1.40 bits per heavy atom. The number of carbonyl (C=O) groups is 1. The molecule has 8 heteroatoms. The molecule has 2 rings (SSSR count). The van der Waals surface area contributed by atoms with Crippen molar-refractivity contribution in [1.29, 1.82) is 0 Å². The number of nitrogens with one attached hydrogen (secondary N) is 2. The smallest absolute Gasteiger partial charge is 0.422 e. The third-order valence-electron chi connectivity index (χ3n) is 2.53. The summed E-state index contributed by atoms with van der Waals surface area (Å²) in [5.41, 5.74) is 0.409. The van der Waals surface area contributed by atoms with Gasteiger partial charge in [-0.1, -0.05) is 0 Å². The molecule has 1 aromatic rings. The Hall–Kier alpha value is -1.83. The molecule has 1 saturated carbocycles. The van der Waals surface area contributed by atoms with Crippen LogP contribution in [-0.2, 0) is 4.79 Å². The summed E-state index contributed by atoms with van der Waals surface area (Å²) in [7, 11) is 0. The van der Waals surface area contributed by atoms with Crippen LogP contribution in [0.2, 0.25) is 0 Å². The van der Waals surface area contributed by atoms with E-state index in [0.29, 0.717) is 11.7 Å². The molecule has 1 aliphatic rings. The molecule has 0 bridgehead atoms. The molecule has 5 nitrogen and oxygen atoms in total. The topological polar surface area (TPSA) is 63.2 Å². The van der Waals surface area contributed by atoms with E-state index in [9.17, 15) is 18.0 Å². The highest BCUT2D eigenvalue weighted by molar-refractivity contribution is 5.92. The molecular weight excluding hydrogens is 275 g/mol. The van der Waals surface area contributed by atoms with E-state index >= 15 is 0 Å². The highest BCUT2D eigenvalue weighted by Crippen LogP contribution is 2.19. The number of carbonyl (C=O) groups excluding carboxylic acids is 1. The second kappa shape index (κ2) is 6.08. The lowest BCUT2D eigenvalue weighted by atomic mass is 10.4. The minimum atomic E-state index is -4.40. The number of rotatable bonds is 6. The van der Waals surface area contributed by atoms with Crippen LogP contribution < -0.4 is 15.4 Å². The second-order valence-electron chi connectivity index (χ2n) is 4.49. The lowest BCUT2D eigenvalue weighted by Crippen LogP contribution is -2.29. The number of alkyl halides is 3. The van der Waals surface area contributed by atoms with E-state index in [2.05, 4.69) is 20.4 Å². The summed E-state index contributed by atoms with van der Waals surface area (Å²) in [6.07, 6.45) is -0.982. The Balaban J connectivity index is 1.76. The first kappa shape index (κ1) is 14.6. The number of anilines is 1. The molecule has 1 fully saturated rings. The Bertz CT molecular complexity index is 458. The molecule has 2 N–H and O–H groups in total. The van der Waals surface area contributed by atoms with E-state index in [-0.39, 0.29) is 18.3 Å². The molecule has 1 aromatic heterocycles. The molecule has 0 radical (unpaired) electrons. The predicted octanol–water partition coefficient (Wildman–Crippen LogP) is 1.71. The summed E-state index contributed by atoms with van der Waals surface area (Å²) in [6, 6.07) is 3.14. The largest absolute Gasteiger partial charge is 0.468 e. The molecule has 0 saturated heterocycles. The van der Waals surface area contributed by atoms with Crippen LogP contribution in [0.15, 0.2) is 18.3 Å². The summed E-state index contributed by atoms with van der Waals surface area (Å²) in [5, 5.41) is 5.63. The van der Waals surface area contributed by atoms with Crippen LogP contribution in [0.4, 0.5) is 18.9 Å². The summed E-state index contributed by atoms with van der Waals surface area (Å²) in [4.78, 5) is 15.2. The fourth-order valence-electron chi connectivity index (χ4n) is 1.43. The number of hydrogen-bond acceptors (Lipinski definition) is 4. The van der Waals surface area contributed by atoms with Crippen molar-refractivity contribution < 1.29 is 22.7 Å². The van der Waals surface area contributed by atoms with Crippen LogP contribution in [0.3, 0.4) is 0 Å². The maximum absolute atomic E-state index is 11.9. The maximum atomic E-state index is 11.9. The zero-order valence-electron chi connectivity index (χ0n) is 10.5. The lowest BCUT2D eigenvalue weighted by Gasteiger charge is -2.09. The van der Waals surface area contributed by atoms with Gasteiger partial charge in [-0.25, -0.2) is 4.98 Å². The zero-order valence-corrected chi connectivity index (χ0v) is 10.5.